The second-order valence-electron chi connectivity index (χ2n) is 4.80. The standard InChI is InChI=1S/C14H21BrN2O2/c1-9(2)17(4)13(18)8-19-14-10(3)5-12(15)6-11(14)7-16/h5-6,9H,7-8,16H2,1-4H3. The van der Waals surface area contributed by atoms with E-state index >= 15 is 0 Å². The molecule has 5 heteroatoms. The van der Waals surface area contributed by atoms with Crippen molar-refractivity contribution in [3.63, 3.8) is 0 Å². The highest BCUT2D eigenvalue weighted by molar-refractivity contribution is 9.10. The van der Waals surface area contributed by atoms with Gasteiger partial charge in [-0.15, -0.1) is 0 Å². The fourth-order valence-electron chi connectivity index (χ4n) is 1.68. The lowest BCUT2D eigenvalue weighted by Gasteiger charge is -2.22. The van der Waals surface area contributed by atoms with Crippen molar-refractivity contribution < 1.29 is 9.53 Å². The highest BCUT2D eigenvalue weighted by Gasteiger charge is 2.14. The number of likely N-dealkylation sites (N-methyl/N-ethyl adjacent to an activating group) is 1. The molecule has 0 radical (unpaired) electrons. The molecule has 0 saturated carbocycles. The molecular formula is C14H21BrN2O2. The van der Waals surface area contributed by atoms with Crippen molar-refractivity contribution in [3.8, 4) is 5.75 Å². The summed E-state index contributed by atoms with van der Waals surface area (Å²) in [6, 6.07) is 4.03. The van der Waals surface area contributed by atoms with E-state index in [1.165, 1.54) is 0 Å². The predicted octanol–water partition coefficient (Wildman–Crippen LogP) is 2.46. The third kappa shape index (κ3) is 4.21. The summed E-state index contributed by atoms with van der Waals surface area (Å²) in [7, 11) is 1.77. The molecule has 0 heterocycles. The van der Waals surface area contributed by atoms with Crippen LogP contribution in [0, 0.1) is 6.92 Å². The van der Waals surface area contributed by atoms with Gasteiger partial charge in [0.15, 0.2) is 6.61 Å². The maximum atomic E-state index is 11.9. The molecule has 0 atom stereocenters. The Labute approximate surface area is 123 Å². The minimum absolute atomic E-state index is 0.0319. The van der Waals surface area contributed by atoms with Gasteiger partial charge in [0, 0.05) is 29.7 Å². The van der Waals surface area contributed by atoms with Crippen molar-refractivity contribution in [2.24, 2.45) is 5.73 Å². The lowest BCUT2D eigenvalue weighted by Crippen LogP contribution is -2.36. The number of carbonyl (C=O) groups is 1. The largest absolute Gasteiger partial charge is 0.483 e. The molecule has 2 N–H and O–H groups in total. The first-order valence-corrected chi connectivity index (χ1v) is 7.03. The predicted molar refractivity (Wildman–Crippen MR) is 80.2 cm³/mol. The molecule has 0 spiro atoms. The molecule has 106 valence electrons. The van der Waals surface area contributed by atoms with E-state index in [4.69, 9.17) is 10.5 Å². The van der Waals surface area contributed by atoms with Crippen molar-refractivity contribution in [3.05, 3.63) is 27.7 Å². The average Bonchev–Trinajstić information content (AvgIpc) is 2.35. The number of nitrogens with two attached hydrogens (primary N) is 1. The van der Waals surface area contributed by atoms with E-state index in [1.807, 2.05) is 32.9 Å². The second-order valence-corrected chi connectivity index (χ2v) is 5.72. The maximum absolute atomic E-state index is 11.9. The van der Waals surface area contributed by atoms with Crippen LogP contribution in [-0.4, -0.2) is 30.5 Å². The molecule has 0 fully saturated rings. The molecule has 0 aliphatic carbocycles. The molecule has 4 nitrogen and oxygen atoms in total. The number of rotatable bonds is 5. The first-order valence-electron chi connectivity index (χ1n) is 6.24. The zero-order valence-corrected chi connectivity index (χ0v) is 13.5. The Morgan fingerprint density at radius 2 is 2.11 bits per heavy atom. The Balaban J connectivity index is 2.81. The highest BCUT2D eigenvalue weighted by atomic mass is 79.9. The van der Waals surface area contributed by atoms with E-state index in [9.17, 15) is 4.79 Å². The van der Waals surface area contributed by atoms with E-state index in [0.29, 0.717) is 12.3 Å². The van der Waals surface area contributed by atoms with Crippen LogP contribution >= 0.6 is 15.9 Å². The van der Waals surface area contributed by atoms with Crippen LogP contribution in [0.1, 0.15) is 25.0 Å². The third-order valence-electron chi connectivity index (χ3n) is 3.04. The lowest BCUT2D eigenvalue weighted by molar-refractivity contribution is -0.133. The summed E-state index contributed by atoms with van der Waals surface area (Å²) in [5.74, 6) is 0.663. The van der Waals surface area contributed by atoms with E-state index in [0.717, 1.165) is 15.6 Å². The molecular weight excluding hydrogens is 308 g/mol. The molecule has 1 aromatic rings. The Kier molecular flexibility index (Phi) is 5.82. The van der Waals surface area contributed by atoms with E-state index in [2.05, 4.69) is 15.9 Å². The highest BCUT2D eigenvalue weighted by Crippen LogP contribution is 2.27. The molecule has 0 saturated heterocycles. The van der Waals surface area contributed by atoms with E-state index in [-0.39, 0.29) is 18.6 Å². The van der Waals surface area contributed by atoms with Crippen molar-refractivity contribution in [2.75, 3.05) is 13.7 Å². The van der Waals surface area contributed by atoms with Gasteiger partial charge >= 0.3 is 0 Å². The normalized spacial score (nSPS) is 10.7. The molecule has 0 aromatic heterocycles. The van der Waals surface area contributed by atoms with Gasteiger partial charge in [0.1, 0.15) is 5.75 Å². The minimum atomic E-state index is -0.0414. The van der Waals surface area contributed by atoms with Gasteiger partial charge in [0.2, 0.25) is 0 Å². The molecule has 19 heavy (non-hydrogen) atoms. The minimum Gasteiger partial charge on any atom is -0.483 e. The number of hydrogen-bond acceptors (Lipinski definition) is 3. The summed E-state index contributed by atoms with van der Waals surface area (Å²) in [5.41, 5.74) is 7.57. The van der Waals surface area contributed by atoms with E-state index in [1.54, 1.807) is 11.9 Å². The summed E-state index contributed by atoms with van der Waals surface area (Å²) >= 11 is 3.42. The molecule has 1 aromatic carbocycles. The molecule has 0 aliphatic heterocycles. The Hall–Kier alpha value is -1.07. The van der Waals surface area contributed by atoms with Gasteiger partial charge in [0.25, 0.3) is 5.91 Å². The molecule has 1 amide bonds. The fraction of sp³-hybridized carbons (Fsp3) is 0.500. The zero-order chi connectivity index (χ0) is 14.6. The zero-order valence-electron chi connectivity index (χ0n) is 11.9. The number of ether oxygens (including phenoxy) is 1. The van der Waals surface area contributed by atoms with Crippen LogP contribution in [0.2, 0.25) is 0 Å². The first-order chi connectivity index (χ1) is 8.86. The Morgan fingerprint density at radius 1 is 1.47 bits per heavy atom. The van der Waals surface area contributed by atoms with E-state index < -0.39 is 0 Å². The summed E-state index contributed by atoms with van der Waals surface area (Å²) < 4.78 is 6.62. The van der Waals surface area contributed by atoms with Crippen LogP contribution in [0.3, 0.4) is 0 Å². The van der Waals surface area contributed by atoms with Gasteiger partial charge in [0.05, 0.1) is 0 Å². The summed E-state index contributed by atoms with van der Waals surface area (Å²) in [6.45, 7) is 6.28. The summed E-state index contributed by atoms with van der Waals surface area (Å²) in [4.78, 5) is 13.6. The molecule has 0 bridgehead atoms. The quantitative estimate of drug-likeness (QED) is 0.903. The van der Waals surface area contributed by atoms with Gasteiger partial charge < -0.3 is 15.4 Å². The SMILES string of the molecule is Cc1cc(Br)cc(CN)c1OCC(=O)N(C)C(C)C. The third-order valence-corrected chi connectivity index (χ3v) is 3.50. The average molecular weight is 329 g/mol. The van der Waals surface area contributed by atoms with Gasteiger partial charge in [-0.2, -0.15) is 0 Å². The molecule has 0 aliphatic rings. The number of halogens is 1. The molecule has 1 rings (SSSR count). The number of amides is 1. The van der Waals surface area contributed by atoms with Gasteiger partial charge in [-0.25, -0.2) is 0 Å². The Bertz CT molecular complexity index is 461. The topological polar surface area (TPSA) is 55.6 Å². The number of benzene rings is 1. The van der Waals surface area contributed by atoms with Crippen LogP contribution in [0.25, 0.3) is 0 Å². The van der Waals surface area contributed by atoms with Gasteiger partial charge in [-0.3, -0.25) is 4.79 Å². The maximum Gasteiger partial charge on any atom is 0.260 e. The fourth-order valence-corrected chi connectivity index (χ4v) is 2.30. The van der Waals surface area contributed by atoms with Crippen LogP contribution in [0.15, 0.2) is 16.6 Å². The van der Waals surface area contributed by atoms with Gasteiger partial charge in [-0.05, 0) is 38.5 Å². The number of hydrogen-bond donors (Lipinski definition) is 1. The van der Waals surface area contributed by atoms with Crippen molar-refractivity contribution >= 4 is 21.8 Å². The monoisotopic (exact) mass is 328 g/mol. The summed E-state index contributed by atoms with van der Waals surface area (Å²) in [6.07, 6.45) is 0. The molecule has 0 unspecified atom stereocenters. The second kappa shape index (κ2) is 6.91. The van der Waals surface area contributed by atoms with Crippen molar-refractivity contribution in [1.29, 1.82) is 0 Å². The smallest absolute Gasteiger partial charge is 0.260 e. The Morgan fingerprint density at radius 3 is 2.63 bits per heavy atom. The number of carbonyl (C=O) groups excluding carboxylic acids is 1. The summed E-state index contributed by atoms with van der Waals surface area (Å²) in [5, 5.41) is 0. The number of nitrogens with zero attached hydrogens (tertiary/aromatic N) is 1. The first kappa shape index (κ1) is 16.0. The van der Waals surface area contributed by atoms with Gasteiger partial charge in [-0.1, -0.05) is 15.9 Å². The lowest BCUT2D eigenvalue weighted by atomic mass is 10.1. The van der Waals surface area contributed by atoms with Crippen molar-refractivity contribution in [1.82, 2.24) is 4.90 Å². The van der Waals surface area contributed by atoms with Crippen LogP contribution < -0.4 is 10.5 Å². The van der Waals surface area contributed by atoms with Crippen molar-refractivity contribution in [2.45, 2.75) is 33.4 Å². The van der Waals surface area contributed by atoms with Crippen LogP contribution in [0.4, 0.5) is 0 Å². The van der Waals surface area contributed by atoms with Crippen LogP contribution in [-0.2, 0) is 11.3 Å². The number of aryl methyl sites for hydroxylation is 1. The van der Waals surface area contributed by atoms with Crippen LogP contribution in [0.5, 0.6) is 5.75 Å².